The zero-order valence-electron chi connectivity index (χ0n) is 82.2. The monoisotopic (exact) mass is 2620 g/mol. The van der Waals surface area contributed by atoms with Crippen LogP contribution in [0.5, 0.6) is 0 Å². The van der Waals surface area contributed by atoms with Gasteiger partial charge < -0.3 is 71.9 Å². The van der Waals surface area contributed by atoms with Crippen LogP contribution in [0.1, 0.15) is 160 Å². The van der Waals surface area contributed by atoms with Crippen LogP contribution in [0.15, 0.2) is 401 Å². The first kappa shape index (κ1) is 112. The van der Waals surface area contributed by atoms with Crippen molar-refractivity contribution in [2.24, 2.45) is 0 Å². The van der Waals surface area contributed by atoms with Crippen LogP contribution in [0, 0.1) is 76.6 Å². The molecule has 0 unspecified atom stereocenters. The summed E-state index contributed by atoms with van der Waals surface area (Å²) < 4.78 is 0. The van der Waals surface area contributed by atoms with Gasteiger partial charge in [-0.15, -0.1) is 53.1 Å². The van der Waals surface area contributed by atoms with Gasteiger partial charge in [-0.3, -0.25) is 52.6 Å². The largest absolute Gasteiger partial charge is 2.00 e. The van der Waals surface area contributed by atoms with Crippen molar-refractivity contribution in [3.8, 4) is 74.4 Å². The molecule has 8 aromatic carbocycles. The summed E-state index contributed by atoms with van der Waals surface area (Å²) >= 11 is 0. The van der Waals surface area contributed by atoms with E-state index >= 15 is 0 Å². The average Bonchev–Trinajstić information content (AvgIpc) is 1.53. The fraction of sp³-hybridized carbons (Fsp3) is 0.137. The van der Waals surface area contributed by atoms with Gasteiger partial charge in [-0.2, -0.15) is 0 Å². The number of aryl methyl sites for hydroxylation is 4. The minimum Gasteiger partial charge on any atom is -0.573 e. The van der Waals surface area contributed by atoms with Crippen molar-refractivity contribution in [2.45, 2.75) is 111 Å². The quantitative estimate of drug-likeness (QED) is 0.0540. The van der Waals surface area contributed by atoms with Gasteiger partial charge in [-0.1, -0.05) is 281 Å². The van der Waals surface area contributed by atoms with Crippen LogP contribution in [-0.2, 0) is 126 Å². The smallest absolute Gasteiger partial charge is 0.573 e. The summed E-state index contributed by atoms with van der Waals surface area (Å²) in [6, 6.07) is 125. The molecule has 0 saturated heterocycles. The van der Waals surface area contributed by atoms with E-state index in [9.17, 15) is 0 Å². The SMILES string of the molecule is CCc1n[n-]c(-c2cccc(C(C)(C)c3ccccn3)n2)c1C.CCc1n[n-]c(-c2cccc(C(c3ccccc3)(c3ccccc3)c3ccccn3)n2)c1C.CCc1n[n-]c(-c2cccc(C3(c4ccccn4)c4ccccc4-c4ccccc43)n2)c1C.CCc1n[n-]c(-c2cccc(N(c3ccccc3)c3ccccn3)n2)c1C.[C-]#Cc1ccccc1.[C-]#Cc1ccccc1.[C-]#Cc1ccccc1.[C-]#N.[Pt+2].[Pt+2].[Pt+2].[Pt+2]. The van der Waals surface area contributed by atoms with Crippen LogP contribution in [0.3, 0.4) is 0 Å². The third-order valence-electron chi connectivity index (χ3n) is 24.6. The maximum atomic E-state index is 6.69. The molecule has 0 radical (unpaired) electrons. The molecule has 0 atom stereocenters. The molecular formula is C124H104N18Pt4. The van der Waals surface area contributed by atoms with Gasteiger partial charge in [-0.25, -0.2) is 9.97 Å². The first-order valence-corrected chi connectivity index (χ1v) is 46.9. The van der Waals surface area contributed by atoms with Crippen LogP contribution in [0.25, 0.3) is 56.7 Å². The summed E-state index contributed by atoms with van der Waals surface area (Å²) in [4.78, 5) is 41.0. The normalized spacial score (nSPS) is 10.8. The van der Waals surface area contributed by atoms with Crippen LogP contribution in [0.4, 0.5) is 17.3 Å². The molecule has 0 aliphatic heterocycles. The van der Waals surface area contributed by atoms with Gasteiger partial charge in [0, 0.05) is 64.4 Å². The number of aromatic nitrogens is 16. The van der Waals surface area contributed by atoms with Gasteiger partial charge in [0.15, 0.2) is 0 Å². The van der Waals surface area contributed by atoms with E-state index in [2.05, 4.69) is 277 Å². The zero-order valence-corrected chi connectivity index (χ0v) is 91.3. The van der Waals surface area contributed by atoms with Crippen LogP contribution >= 0.6 is 0 Å². The Kier molecular flexibility index (Phi) is 42.7. The third-order valence-corrected chi connectivity index (χ3v) is 24.6. The molecule has 0 spiro atoms. The zero-order chi connectivity index (χ0) is 99.6. The maximum Gasteiger partial charge on any atom is 2.00 e. The first-order chi connectivity index (χ1) is 69.6. The predicted octanol–water partition coefficient (Wildman–Crippen LogP) is 25.0. The molecule has 22 heteroatoms. The molecule has 12 aromatic heterocycles. The van der Waals surface area contributed by atoms with Crippen molar-refractivity contribution < 1.29 is 84.3 Å². The molecule has 730 valence electrons. The molecule has 0 saturated carbocycles. The fourth-order valence-electron chi connectivity index (χ4n) is 17.3. The molecule has 0 amide bonds. The van der Waals surface area contributed by atoms with E-state index in [-0.39, 0.29) is 89.7 Å². The second-order valence-corrected chi connectivity index (χ2v) is 33.4. The number of anilines is 3. The molecule has 20 aromatic rings. The van der Waals surface area contributed by atoms with E-state index in [4.69, 9.17) is 61.0 Å². The Hall–Kier alpha value is -15.5. The number of fused-ring (bicyclic) bond motifs is 3. The predicted molar refractivity (Wildman–Crippen MR) is 563 cm³/mol. The van der Waals surface area contributed by atoms with Crippen LogP contribution in [-0.4, -0.2) is 60.3 Å². The minimum atomic E-state index is -0.679. The summed E-state index contributed by atoms with van der Waals surface area (Å²) in [6.45, 7) is 25.7. The molecule has 0 N–H and O–H groups in total. The van der Waals surface area contributed by atoms with E-state index in [0.717, 1.165) is 196 Å². The van der Waals surface area contributed by atoms with Gasteiger partial charge >= 0.3 is 84.3 Å². The van der Waals surface area contributed by atoms with Crippen molar-refractivity contribution in [1.82, 2.24) is 80.7 Å². The molecule has 0 bridgehead atoms. The molecule has 146 heavy (non-hydrogen) atoms. The Morgan fingerprint density at radius 1 is 0.295 bits per heavy atom. The van der Waals surface area contributed by atoms with E-state index in [0.29, 0.717) is 0 Å². The Morgan fingerprint density at radius 2 is 0.603 bits per heavy atom. The minimum absolute atomic E-state index is 0. The Labute approximate surface area is 914 Å². The summed E-state index contributed by atoms with van der Waals surface area (Å²) in [5.41, 5.74) is 30.0. The van der Waals surface area contributed by atoms with Gasteiger partial charge in [0.05, 0.1) is 51.2 Å². The summed E-state index contributed by atoms with van der Waals surface area (Å²) in [5.74, 6) is 8.43. The number of benzene rings is 8. The van der Waals surface area contributed by atoms with Crippen LogP contribution < -0.4 is 25.3 Å². The second-order valence-electron chi connectivity index (χ2n) is 33.4. The summed E-state index contributed by atoms with van der Waals surface area (Å²) in [6.07, 6.45) is 30.9. The number of nitrogens with zero attached hydrogens (tertiary/aromatic N) is 18. The third kappa shape index (κ3) is 25.8. The van der Waals surface area contributed by atoms with Crippen molar-refractivity contribution in [3.05, 3.63) is 545 Å². The standard InChI is InChI=1S/C29H23N4.C29H25N4.C22H20N5.C19H21N4.3C8H5.CN.4Pt/c1-3-24-19(2)28(33-32-24)25-15-10-17-27(31-25)29(26-16-8-9-18-30-26)22-13-6-4-11-20(22)21-12-5-7-14-23(21)29;1-3-24-21(2)28(33-32-24)25-17-12-19-27(31-25)29(22-13-6-4-7-14-22,23-15-8-5-9-16-23)26-18-10-11-20-30-26;1-3-18-16(2)22(26-25-18)19-12-9-14-21(24-19)27(17-10-5-4-6-11-17)20-13-7-8-15-23-20;1-5-14-13(2)18(23-22-14)15-9-8-11-17(21-15)19(3,4)16-10-6-7-12-20-16;3*1-2-8-6-4-3-5-7-8;1-2;;;;/h4-18H,3H2,1-2H3;4-20H,3H2,1-2H3;4-15H,3H2,1-2H3;6-12H,5H2,1-4H3;3*3-7H;;;;;/q8*-1;4*+2. The van der Waals surface area contributed by atoms with E-state index in [1.54, 1.807) is 6.20 Å². The molecule has 21 rings (SSSR count). The Morgan fingerprint density at radius 3 is 0.973 bits per heavy atom. The Bertz CT molecular complexity index is 7150. The van der Waals surface area contributed by atoms with Gasteiger partial charge in [0.25, 0.3) is 0 Å². The van der Waals surface area contributed by atoms with Gasteiger partial charge in [-0.05, 0) is 232 Å². The van der Waals surface area contributed by atoms with E-state index in [1.165, 1.54) is 22.3 Å². The fourth-order valence-corrected chi connectivity index (χ4v) is 17.3. The van der Waals surface area contributed by atoms with Crippen molar-refractivity contribution in [2.75, 3.05) is 4.90 Å². The van der Waals surface area contributed by atoms with Crippen molar-refractivity contribution in [3.63, 3.8) is 0 Å². The molecule has 1 aliphatic rings. The summed E-state index contributed by atoms with van der Waals surface area (Å²) in [7, 11) is 0. The van der Waals surface area contributed by atoms with E-state index in [1.807, 2.05) is 260 Å². The Balaban J connectivity index is 0.000000183. The van der Waals surface area contributed by atoms with Gasteiger partial charge in [0.1, 0.15) is 22.5 Å². The van der Waals surface area contributed by atoms with Crippen molar-refractivity contribution in [1.29, 1.82) is 5.26 Å². The molecule has 0 fully saturated rings. The topological polar surface area (TPSA) is 238 Å². The van der Waals surface area contributed by atoms with Crippen LogP contribution in [0.2, 0.25) is 0 Å². The molecule has 18 nitrogen and oxygen atoms in total. The van der Waals surface area contributed by atoms with Crippen molar-refractivity contribution >= 4 is 17.3 Å². The molecule has 1 aliphatic carbocycles. The number of hydrogen-bond donors (Lipinski definition) is 0. The average molecular weight is 2630 g/mol. The van der Waals surface area contributed by atoms with E-state index < -0.39 is 10.8 Å². The molecule has 12 heterocycles. The summed E-state index contributed by atoms with van der Waals surface area (Å²) in [5, 5.41) is 41.2. The number of rotatable bonds is 19. The number of pyridine rings is 8. The number of hydrogen-bond acceptors (Lipinski definition) is 14. The maximum absolute atomic E-state index is 6.69. The first-order valence-electron chi connectivity index (χ1n) is 46.9. The second kappa shape index (κ2) is 55.4. The van der Waals surface area contributed by atoms with Gasteiger partial charge in [0.2, 0.25) is 0 Å². The number of para-hydroxylation sites is 1. The molecular weight excluding hydrogens is 2520 g/mol.